The van der Waals surface area contributed by atoms with Crippen LogP contribution in [0.15, 0.2) is 23.8 Å². The Morgan fingerprint density at radius 2 is 1.60 bits per heavy atom. The maximum atomic E-state index is 14.5. The molecule has 0 aromatic rings. The molecule has 0 aliphatic heterocycles. The van der Waals surface area contributed by atoms with Gasteiger partial charge >= 0.3 is 11.9 Å². The van der Waals surface area contributed by atoms with Gasteiger partial charge < -0.3 is 19.7 Å². The number of allylic oxidation sites excluding steroid dienone is 2. The highest BCUT2D eigenvalue weighted by Gasteiger charge is 2.74. The third kappa shape index (κ3) is 4.85. The lowest BCUT2D eigenvalue weighted by atomic mass is 9.40. The number of hydrogen-bond acceptors (Lipinski definition) is 9. The molecule has 9 heteroatoms. The van der Waals surface area contributed by atoms with E-state index in [1.54, 1.807) is 20.8 Å². The van der Waals surface area contributed by atoms with Crippen molar-refractivity contribution in [3.05, 3.63) is 23.8 Å². The van der Waals surface area contributed by atoms with E-state index in [1.165, 1.54) is 26.8 Å². The van der Waals surface area contributed by atoms with E-state index < -0.39 is 68.7 Å². The molecule has 0 radical (unpaired) electrons. The topological polar surface area (TPSA) is 144 Å². The molecule has 0 aromatic heterocycles. The van der Waals surface area contributed by atoms with Crippen molar-refractivity contribution in [1.82, 2.24) is 0 Å². The SMILES string of the molecule is CC(=O)O[C@@H]1C[C@]2(C)C3=CC[C@@H]4C(C)(C)C(=O)[C@@H](O)C[C@@]4(C)[C@@H]3CC(=O)[C@@]2(C)[C@@H]1[C@](C)(O)C(=O)/C=C/C(C)(C)OC(C)=O. The molecule has 0 heterocycles. The van der Waals surface area contributed by atoms with Gasteiger partial charge in [-0.2, -0.15) is 0 Å². The largest absolute Gasteiger partial charge is 0.462 e. The highest BCUT2D eigenvalue weighted by Crippen LogP contribution is 2.72. The van der Waals surface area contributed by atoms with Crippen molar-refractivity contribution in [2.75, 3.05) is 0 Å². The maximum absolute atomic E-state index is 14.5. The van der Waals surface area contributed by atoms with Crippen molar-refractivity contribution in [3.63, 3.8) is 0 Å². The van der Waals surface area contributed by atoms with Crippen molar-refractivity contribution in [1.29, 1.82) is 0 Å². The highest BCUT2D eigenvalue weighted by atomic mass is 16.6. The predicted octanol–water partition coefficient (Wildman–Crippen LogP) is 4.07. The number of carbonyl (C=O) groups excluding carboxylic acids is 5. The molecule has 4 rings (SSSR count). The average molecular weight is 601 g/mol. The van der Waals surface area contributed by atoms with Crippen LogP contribution in [-0.2, 0) is 33.4 Å². The molecule has 4 aliphatic rings. The van der Waals surface area contributed by atoms with Crippen LogP contribution in [0.1, 0.15) is 94.9 Å². The molecule has 2 N–H and O–H groups in total. The Kier molecular flexibility index (Phi) is 7.88. The van der Waals surface area contributed by atoms with Crippen LogP contribution < -0.4 is 0 Å². The first-order valence-electron chi connectivity index (χ1n) is 15.3. The zero-order chi connectivity index (χ0) is 32.7. The van der Waals surface area contributed by atoms with Crippen LogP contribution in [0.5, 0.6) is 0 Å². The third-order valence-corrected chi connectivity index (χ3v) is 11.8. The summed E-state index contributed by atoms with van der Waals surface area (Å²) < 4.78 is 11.0. The molecule has 0 unspecified atom stereocenters. The molecule has 0 spiro atoms. The van der Waals surface area contributed by atoms with Crippen LogP contribution in [-0.4, -0.2) is 62.9 Å². The zero-order valence-electron chi connectivity index (χ0n) is 27.2. The minimum absolute atomic E-state index is 0.0812. The summed E-state index contributed by atoms with van der Waals surface area (Å²) in [5.41, 5.74) is -5.72. The molecule has 9 nitrogen and oxygen atoms in total. The van der Waals surface area contributed by atoms with E-state index in [9.17, 15) is 34.2 Å². The monoisotopic (exact) mass is 600 g/mol. The standard InChI is InChI=1S/C34H48O9/c1-18(35)42-23-17-32(8)20-11-12-24-30(5,6)28(40)22(37)16-31(24,7)21(20)15-26(39)33(32,9)27(23)34(10,41)25(38)13-14-29(3,4)43-19(2)36/h11,13-14,21-24,27,37,41H,12,15-17H2,1-10H3/b14-13+/t21-,22+,23-,24-,27-,31+,32-,33+,34-/m1/s1. The molecule has 0 bridgehead atoms. The van der Waals surface area contributed by atoms with Gasteiger partial charge in [-0.25, -0.2) is 0 Å². The summed E-state index contributed by atoms with van der Waals surface area (Å²) in [5.74, 6) is -3.56. The number of hydrogen-bond donors (Lipinski definition) is 2. The second-order valence-electron chi connectivity index (χ2n) is 15.3. The number of esters is 2. The number of aliphatic hydroxyl groups is 2. The summed E-state index contributed by atoms with van der Waals surface area (Å²) in [4.78, 5) is 65.1. The lowest BCUT2D eigenvalue weighted by Gasteiger charge is -2.62. The van der Waals surface area contributed by atoms with Gasteiger partial charge in [0.1, 0.15) is 29.2 Å². The van der Waals surface area contributed by atoms with E-state index in [0.717, 1.165) is 11.6 Å². The number of Topliss-reactive ketones (excluding diaryl/α,β-unsaturated/α-hetero) is 2. The zero-order valence-corrected chi connectivity index (χ0v) is 27.2. The van der Waals surface area contributed by atoms with Gasteiger partial charge in [0.15, 0.2) is 11.6 Å². The Balaban J connectivity index is 1.82. The van der Waals surface area contributed by atoms with Crippen LogP contribution in [0.25, 0.3) is 0 Å². The van der Waals surface area contributed by atoms with Crippen molar-refractivity contribution in [2.24, 2.45) is 39.4 Å². The first kappa shape index (κ1) is 33.2. The Bertz CT molecular complexity index is 1320. The van der Waals surface area contributed by atoms with Crippen LogP contribution in [0.3, 0.4) is 0 Å². The summed E-state index contributed by atoms with van der Waals surface area (Å²) in [6.45, 7) is 16.6. The summed E-state index contributed by atoms with van der Waals surface area (Å²) in [6, 6.07) is 0. The minimum atomic E-state index is -2.12. The molecular formula is C34H48O9. The number of rotatable bonds is 6. The van der Waals surface area contributed by atoms with E-state index >= 15 is 0 Å². The van der Waals surface area contributed by atoms with Gasteiger partial charge in [0.25, 0.3) is 0 Å². The lowest BCUT2D eigenvalue weighted by molar-refractivity contribution is -0.174. The number of ether oxygens (including phenoxy) is 2. The second kappa shape index (κ2) is 10.2. The fraction of sp³-hybridized carbons (Fsp3) is 0.735. The third-order valence-electron chi connectivity index (χ3n) is 11.8. The van der Waals surface area contributed by atoms with Crippen LogP contribution >= 0.6 is 0 Å². The summed E-state index contributed by atoms with van der Waals surface area (Å²) >= 11 is 0. The van der Waals surface area contributed by atoms with Crippen LogP contribution in [0.4, 0.5) is 0 Å². The predicted molar refractivity (Wildman–Crippen MR) is 157 cm³/mol. The molecule has 9 atom stereocenters. The number of carbonyl (C=O) groups is 5. The van der Waals surface area contributed by atoms with E-state index in [2.05, 4.69) is 13.0 Å². The molecule has 43 heavy (non-hydrogen) atoms. The molecule has 4 aliphatic carbocycles. The fourth-order valence-corrected chi connectivity index (χ4v) is 9.71. The Labute approximate surface area is 254 Å². The quantitative estimate of drug-likeness (QED) is 0.262. The van der Waals surface area contributed by atoms with E-state index in [-0.39, 0.29) is 42.7 Å². The van der Waals surface area contributed by atoms with Gasteiger partial charge in [-0.1, -0.05) is 46.3 Å². The van der Waals surface area contributed by atoms with Crippen LogP contribution in [0.2, 0.25) is 0 Å². The smallest absolute Gasteiger partial charge is 0.303 e. The Morgan fingerprint density at radius 3 is 2.16 bits per heavy atom. The van der Waals surface area contributed by atoms with Gasteiger partial charge in [0.05, 0.1) is 0 Å². The number of aliphatic hydroxyl groups excluding tert-OH is 1. The van der Waals surface area contributed by atoms with Crippen molar-refractivity contribution >= 4 is 29.3 Å². The number of fused-ring (bicyclic) bond motifs is 5. The molecule has 3 fully saturated rings. The van der Waals surface area contributed by atoms with Gasteiger partial charge in [0.2, 0.25) is 0 Å². The van der Waals surface area contributed by atoms with Crippen molar-refractivity contribution in [3.8, 4) is 0 Å². The minimum Gasteiger partial charge on any atom is -0.462 e. The molecule has 0 amide bonds. The van der Waals surface area contributed by atoms with E-state index in [4.69, 9.17) is 9.47 Å². The van der Waals surface area contributed by atoms with Crippen LogP contribution in [0, 0.1) is 39.4 Å². The Hall–Kier alpha value is -2.65. The van der Waals surface area contributed by atoms with Crippen molar-refractivity contribution < 1.29 is 43.7 Å². The molecular weight excluding hydrogens is 552 g/mol. The molecule has 0 saturated heterocycles. The number of ketones is 3. The second-order valence-corrected chi connectivity index (χ2v) is 15.3. The first-order chi connectivity index (χ1) is 19.5. The fourth-order valence-electron chi connectivity index (χ4n) is 9.71. The highest BCUT2D eigenvalue weighted by molar-refractivity contribution is 5.99. The molecule has 0 aromatic carbocycles. The van der Waals surface area contributed by atoms with Gasteiger partial charge in [-0.15, -0.1) is 0 Å². The summed E-state index contributed by atoms with van der Waals surface area (Å²) in [7, 11) is 0. The lowest BCUT2D eigenvalue weighted by Crippen LogP contribution is -2.64. The van der Waals surface area contributed by atoms with E-state index in [0.29, 0.717) is 6.42 Å². The molecule has 3 saturated carbocycles. The first-order valence-corrected chi connectivity index (χ1v) is 15.3. The normalized spacial score (nSPS) is 40.1. The Morgan fingerprint density at radius 1 is 1.00 bits per heavy atom. The molecule has 238 valence electrons. The summed E-state index contributed by atoms with van der Waals surface area (Å²) in [6.07, 6.45) is 3.78. The average Bonchev–Trinajstić information content (AvgIpc) is 3.09. The van der Waals surface area contributed by atoms with Gasteiger partial charge in [-0.05, 0) is 69.4 Å². The summed E-state index contributed by atoms with van der Waals surface area (Å²) in [5, 5.41) is 22.9. The van der Waals surface area contributed by atoms with Gasteiger partial charge in [-0.3, -0.25) is 24.0 Å². The van der Waals surface area contributed by atoms with E-state index in [1.807, 2.05) is 20.8 Å². The van der Waals surface area contributed by atoms with Gasteiger partial charge in [0, 0.05) is 42.4 Å². The van der Waals surface area contributed by atoms with Crippen molar-refractivity contribution in [2.45, 2.75) is 118 Å². The maximum Gasteiger partial charge on any atom is 0.303 e.